The highest BCUT2D eigenvalue weighted by molar-refractivity contribution is 5.95. The number of nitrogens with zero attached hydrogens (tertiary/aromatic N) is 1. The smallest absolute Gasteiger partial charge is 0.409 e. The van der Waals surface area contributed by atoms with Crippen molar-refractivity contribution in [1.29, 1.82) is 0 Å². The highest BCUT2D eigenvalue weighted by Gasteiger charge is 2.20. The van der Waals surface area contributed by atoms with Gasteiger partial charge in [-0.1, -0.05) is 20.8 Å². The molecule has 0 radical (unpaired) electrons. The number of H-pyrrole nitrogens is 1. The Hall–Kier alpha value is -2.10. The fourth-order valence-corrected chi connectivity index (χ4v) is 2.20. The summed E-state index contributed by atoms with van der Waals surface area (Å²) in [6, 6.07) is 5.78. The van der Waals surface area contributed by atoms with Gasteiger partial charge in [0, 0.05) is 34.1 Å². The topological polar surface area (TPSA) is 58.9 Å². The third kappa shape index (κ3) is 1.61. The molecule has 0 amide bonds. The molecule has 1 N–H and O–H groups in total. The Kier molecular flexibility index (Phi) is 2.11. The molecule has 4 heteroatoms. The number of hydrogen-bond donors (Lipinski definition) is 1. The van der Waals surface area contributed by atoms with Crippen molar-refractivity contribution >= 4 is 21.9 Å². The van der Waals surface area contributed by atoms with Crippen LogP contribution >= 0.6 is 0 Å². The molecule has 4 nitrogen and oxygen atoms in total. The molecule has 18 heavy (non-hydrogen) atoms. The van der Waals surface area contributed by atoms with Crippen LogP contribution in [0, 0.1) is 0 Å². The molecule has 1 aromatic carbocycles. The van der Waals surface area contributed by atoms with Crippen molar-refractivity contribution in [2.45, 2.75) is 26.2 Å². The zero-order chi connectivity index (χ0) is 12.9. The molecule has 0 aliphatic carbocycles. The number of nitrogens with one attached hydrogen (secondary N) is 1. The van der Waals surface area contributed by atoms with Gasteiger partial charge in [-0.2, -0.15) is 0 Å². The van der Waals surface area contributed by atoms with Crippen molar-refractivity contribution in [3.63, 3.8) is 0 Å². The lowest BCUT2D eigenvalue weighted by molar-refractivity contribution is 0.498. The van der Waals surface area contributed by atoms with Gasteiger partial charge in [0.15, 0.2) is 0 Å². The normalized spacial score (nSPS) is 12.4. The van der Waals surface area contributed by atoms with Gasteiger partial charge in [0.25, 0.3) is 0 Å². The van der Waals surface area contributed by atoms with Crippen LogP contribution in [0.15, 0.2) is 33.6 Å². The molecule has 0 saturated heterocycles. The predicted molar refractivity (Wildman–Crippen MR) is 70.8 cm³/mol. The van der Waals surface area contributed by atoms with Crippen LogP contribution in [-0.4, -0.2) is 9.97 Å². The molecule has 0 aliphatic heterocycles. The second kappa shape index (κ2) is 3.45. The Morgan fingerprint density at radius 3 is 2.78 bits per heavy atom. The maximum absolute atomic E-state index is 11.6. The van der Waals surface area contributed by atoms with Crippen LogP contribution in [0.1, 0.15) is 26.5 Å². The molecule has 0 saturated carbocycles. The lowest BCUT2D eigenvalue weighted by atomic mass is 9.89. The Morgan fingerprint density at radius 1 is 1.28 bits per heavy atom. The number of aromatic amines is 1. The summed E-state index contributed by atoms with van der Waals surface area (Å²) >= 11 is 0. The maximum Gasteiger partial charge on any atom is 0.416 e. The molecule has 92 valence electrons. The fourth-order valence-electron chi connectivity index (χ4n) is 2.20. The van der Waals surface area contributed by atoms with Gasteiger partial charge in [0.1, 0.15) is 5.58 Å². The maximum atomic E-state index is 11.6. The van der Waals surface area contributed by atoms with E-state index in [9.17, 15) is 4.79 Å². The Balaban J connectivity index is 2.51. The van der Waals surface area contributed by atoms with E-state index in [-0.39, 0.29) is 5.41 Å². The van der Waals surface area contributed by atoms with Crippen LogP contribution in [0.2, 0.25) is 0 Å². The first-order valence-corrected chi connectivity index (χ1v) is 5.87. The van der Waals surface area contributed by atoms with Crippen LogP contribution in [-0.2, 0) is 5.41 Å². The summed E-state index contributed by atoms with van der Waals surface area (Å²) in [5.74, 6) is -0.432. The van der Waals surface area contributed by atoms with Crippen molar-refractivity contribution in [3.05, 3.63) is 40.6 Å². The van der Waals surface area contributed by atoms with E-state index < -0.39 is 5.76 Å². The first-order valence-electron chi connectivity index (χ1n) is 5.87. The Labute approximate surface area is 104 Å². The second-order valence-corrected chi connectivity index (χ2v) is 5.49. The quantitative estimate of drug-likeness (QED) is 0.659. The average molecular weight is 242 g/mol. The van der Waals surface area contributed by atoms with E-state index in [1.165, 1.54) is 0 Å². The lowest BCUT2D eigenvalue weighted by Gasteiger charge is -2.19. The average Bonchev–Trinajstić information content (AvgIpc) is 2.70. The molecule has 0 spiro atoms. The minimum atomic E-state index is -0.432. The standard InChI is InChI=1S/C14H14N2O2/c1-14(2,3)12-9-6-8-4-5-15-10(8)7-11(9)18-13(17)16-12/h4-7H,1-3H3,(H,16,17). The zero-order valence-corrected chi connectivity index (χ0v) is 10.6. The van der Waals surface area contributed by atoms with Crippen molar-refractivity contribution in [1.82, 2.24) is 9.97 Å². The van der Waals surface area contributed by atoms with Crippen molar-refractivity contribution in [3.8, 4) is 0 Å². The van der Waals surface area contributed by atoms with Crippen LogP contribution < -0.4 is 5.76 Å². The van der Waals surface area contributed by atoms with E-state index in [4.69, 9.17) is 4.42 Å². The number of aromatic nitrogens is 2. The third-order valence-electron chi connectivity index (χ3n) is 3.05. The number of benzene rings is 1. The van der Waals surface area contributed by atoms with E-state index in [0.29, 0.717) is 5.58 Å². The Morgan fingerprint density at radius 2 is 2.06 bits per heavy atom. The van der Waals surface area contributed by atoms with E-state index in [1.807, 2.05) is 18.2 Å². The summed E-state index contributed by atoms with van der Waals surface area (Å²) in [6.45, 7) is 6.18. The van der Waals surface area contributed by atoms with Gasteiger partial charge in [-0.15, -0.1) is 0 Å². The van der Waals surface area contributed by atoms with Gasteiger partial charge in [0.05, 0.1) is 5.52 Å². The monoisotopic (exact) mass is 242 g/mol. The molecule has 0 fully saturated rings. The van der Waals surface area contributed by atoms with E-state index in [0.717, 1.165) is 22.0 Å². The Bertz CT molecular complexity index is 791. The highest BCUT2D eigenvalue weighted by Crippen LogP contribution is 2.29. The van der Waals surface area contributed by atoms with Crippen molar-refractivity contribution < 1.29 is 4.42 Å². The van der Waals surface area contributed by atoms with E-state index in [1.54, 1.807) is 6.20 Å². The summed E-state index contributed by atoms with van der Waals surface area (Å²) in [5.41, 5.74) is 2.16. The van der Waals surface area contributed by atoms with E-state index in [2.05, 4.69) is 30.7 Å². The molecule has 0 atom stereocenters. The summed E-state index contributed by atoms with van der Waals surface area (Å²) in [6.07, 6.45) is 1.75. The van der Waals surface area contributed by atoms with Gasteiger partial charge >= 0.3 is 5.76 Å². The summed E-state index contributed by atoms with van der Waals surface area (Å²) < 4.78 is 5.22. The van der Waals surface area contributed by atoms with Crippen LogP contribution in [0.4, 0.5) is 0 Å². The van der Waals surface area contributed by atoms with Gasteiger partial charge in [-0.25, -0.2) is 4.79 Å². The van der Waals surface area contributed by atoms with Crippen LogP contribution in [0.25, 0.3) is 21.9 Å². The molecular formula is C14H14N2O2. The SMILES string of the molecule is CC(C)(C)c1[nH]c(=O)oc2cc3nccc3cc12. The van der Waals surface area contributed by atoms with Gasteiger partial charge in [-0.3, -0.25) is 9.97 Å². The summed E-state index contributed by atoms with van der Waals surface area (Å²) in [7, 11) is 0. The first kappa shape index (κ1) is 11.0. The van der Waals surface area contributed by atoms with Crippen molar-refractivity contribution in [2.24, 2.45) is 0 Å². The number of fused-ring (bicyclic) bond motifs is 2. The number of hydrogen-bond acceptors (Lipinski definition) is 3. The predicted octanol–water partition coefficient (Wildman–Crippen LogP) is 2.97. The summed E-state index contributed by atoms with van der Waals surface area (Å²) in [4.78, 5) is 18.6. The second-order valence-electron chi connectivity index (χ2n) is 5.49. The van der Waals surface area contributed by atoms with Crippen molar-refractivity contribution in [2.75, 3.05) is 0 Å². The molecule has 3 rings (SSSR count). The fraction of sp³-hybridized carbons (Fsp3) is 0.286. The molecule has 0 unspecified atom stereocenters. The molecule has 0 bridgehead atoms. The third-order valence-corrected chi connectivity index (χ3v) is 3.05. The molecule has 2 aromatic heterocycles. The molecule has 0 aliphatic rings. The molecule has 3 aromatic rings. The molecule has 2 heterocycles. The van der Waals surface area contributed by atoms with Gasteiger partial charge in [-0.05, 0) is 12.1 Å². The minimum absolute atomic E-state index is 0.151. The molecular weight excluding hydrogens is 228 g/mol. The number of rotatable bonds is 0. The lowest BCUT2D eigenvalue weighted by Crippen LogP contribution is -2.19. The van der Waals surface area contributed by atoms with Gasteiger partial charge in [0.2, 0.25) is 0 Å². The van der Waals surface area contributed by atoms with Crippen LogP contribution in [0.5, 0.6) is 0 Å². The van der Waals surface area contributed by atoms with Gasteiger partial charge < -0.3 is 4.42 Å². The zero-order valence-electron chi connectivity index (χ0n) is 10.6. The van der Waals surface area contributed by atoms with E-state index >= 15 is 0 Å². The highest BCUT2D eigenvalue weighted by atomic mass is 16.4. The first-order chi connectivity index (χ1) is 8.45. The van der Waals surface area contributed by atoms with Crippen LogP contribution in [0.3, 0.4) is 0 Å². The minimum Gasteiger partial charge on any atom is -0.409 e. The largest absolute Gasteiger partial charge is 0.416 e. The summed E-state index contributed by atoms with van der Waals surface area (Å²) in [5, 5.41) is 1.98.